The van der Waals surface area contributed by atoms with Gasteiger partial charge in [0.05, 0.1) is 12.5 Å². The highest BCUT2D eigenvalue weighted by Gasteiger charge is 2.30. The van der Waals surface area contributed by atoms with Crippen molar-refractivity contribution in [2.24, 2.45) is 11.5 Å². The van der Waals surface area contributed by atoms with E-state index in [4.69, 9.17) is 16.6 Å². The van der Waals surface area contributed by atoms with Crippen molar-refractivity contribution < 1.29 is 39.0 Å². The summed E-state index contributed by atoms with van der Waals surface area (Å²) in [6, 6.07) is 3.20. The van der Waals surface area contributed by atoms with Gasteiger partial charge in [0, 0.05) is 18.6 Å². The van der Waals surface area contributed by atoms with Gasteiger partial charge in [0.2, 0.25) is 23.6 Å². The molecular weight excluding hydrogens is 482 g/mol. The Balaban J connectivity index is 2.89. The summed E-state index contributed by atoms with van der Waals surface area (Å²) in [6.45, 7) is 0. The fourth-order valence-corrected chi connectivity index (χ4v) is 3.17. The Morgan fingerprint density at radius 1 is 0.857 bits per heavy atom. The Kier molecular flexibility index (Phi) is 12.2. The molecule has 4 atom stereocenters. The zero-order chi connectivity index (χ0) is 26.5. The minimum Gasteiger partial charge on any atom is -0.481 e. The Morgan fingerprint density at radius 3 is 1.91 bits per heavy atom. The minimum atomic E-state index is -1.41. The lowest BCUT2D eigenvalue weighted by molar-refractivity contribution is -0.142. The molecule has 0 aliphatic rings. The molecule has 0 aliphatic carbocycles. The van der Waals surface area contributed by atoms with E-state index in [9.17, 15) is 33.9 Å². The first-order valence-electron chi connectivity index (χ1n) is 10.5. The smallest absolute Gasteiger partial charge is 0.326 e. The minimum absolute atomic E-state index is 0.00973. The number of carbonyl (C=O) groups excluding carboxylic acids is 4. The van der Waals surface area contributed by atoms with Gasteiger partial charge in [-0.1, -0.05) is 30.3 Å². The van der Waals surface area contributed by atoms with Crippen LogP contribution in [0.4, 0.5) is 0 Å². The Bertz CT molecular complexity index is 930. The Hall–Kier alpha value is -3.65. The van der Waals surface area contributed by atoms with Crippen molar-refractivity contribution in [3.63, 3.8) is 0 Å². The summed E-state index contributed by atoms with van der Waals surface area (Å²) < 4.78 is 0. The van der Waals surface area contributed by atoms with Gasteiger partial charge >= 0.3 is 11.9 Å². The van der Waals surface area contributed by atoms with Crippen LogP contribution in [-0.2, 0) is 35.2 Å². The molecule has 0 radical (unpaired) electrons. The summed E-state index contributed by atoms with van der Waals surface area (Å²) in [5.74, 6) is -6.30. The average Bonchev–Trinajstić information content (AvgIpc) is 2.79. The van der Waals surface area contributed by atoms with Crippen molar-refractivity contribution in [2.75, 3.05) is 5.75 Å². The molecule has 0 bridgehead atoms. The molecule has 4 amide bonds. The monoisotopic (exact) mass is 511 g/mol. The third-order valence-corrected chi connectivity index (χ3v) is 5.12. The first-order valence-corrected chi connectivity index (χ1v) is 11.1. The van der Waals surface area contributed by atoms with E-state index < -0.39 is 72.6 Å². The van der Waals surface area contributed by atoms with Crippen molar-refractivity contribution in [3.05, 3.63) is 35.9 Å². The van der Waals surface area contributed by atoms with Gasteiger partial charge in [-0.25, -0.2) is 4.79 Å². The summed E-state index contributed by atoms with van der Waals surface area (Å²) in [7, 11) is 0. The predicted molar refractivity (Wildman–Crippen MR) is 126 cm³/mol. The van der Waals surface area contributed by atoms with Gasteiger partial charge in [0.25, 0.3) is 0 Å². The second-order valence-electron chi connectivity index (χ2n) is 7.60. The van der Waals surface area contributed by atoms with Crippen LogP contribution in [0.2, 0.25) is 0 Å². The van der Waals surface area contributed by atoms with Crippen LogP contribution in [0, 0.1) is 0 Å². The van der Waals surface area contributed by atoms with Gasteiger partial charge in [-0.05, 0) is 12.0 Å². The molecule has 1 aromatic rings. The number of carbonyl (C=O) groups is 6. The van der Waals surface area contributed by atoms with Crippen LogP contribution in [0.1, 0.15) is 24.8 Å². The largest absolute Gasteiger partial charge is 0.481 e. The number of rotatable bonds is 15. The highest BCUT2D eigenvalue weighted by molar-refractivity contribution is 7.80. The molecule has 1 rings (SSSR count). The molecule has 4 unspecified atom stereocenters. The van der Waals surface area contributed by atoms with E-state index in [1.54, 1.807) is 30.3 Å². The number of nitrogens with one attached hydrogen (secondary N) is 3. The van der Waals surface area contributed by atoms with E-state index in [1.807, 2.05) is 0 Å². The van der Waals surface area contributed by atoms with Crippen LogP contribution >= 0.6 is 12.6 Å². The molecule has 0 saturated heterocycles. The standard InChI is InChI=1S/C21H29N5O8S/c22-12(9-16(23)27)18(30)24-13(6-7-17(28)29)19(31)26-15(10-35)20(32)25-14(21(33)34)8-11-4-2-1-3-5-11/h1-5,12-15,35H,6-10,22H2,(H2,23,27)(H,24,30)(H,25,32)(H,26,31)(H,28,29)(H,33,34). The number of thiol groups is 1. The second-order valence-corrected chi connectivity index (χ2v) is 7.97. The van der Waals surface area contributed by atoms with E-state index in [0.717, 1.165) is 0 Å². The number of nitrogens with two attached hydrogens (primary N) is 2. The van der Waals surface area contributed by atoms with Crippen LogP contribution < -0.4 is 27.4 Å². The van der Waals surface area contributed by atoms with Gasteiger partial charge in [-0.3, -0.25) is 24.0 Å². The highest BCUT2D eigenvalue weighted by atomic mass is 32.1. The lowest BCUT2D eigenvalue weighted by Gasteiger charge is -2.24. The molecule has 0 saturated carbocycles. The number of amides is 4. The summed E-state index contributed by atoms with van der Waals surface area (Å²) in [4.78, 5) is 71.1. The van der Waals surface area contributed by atoms with Gasteiger partial charge < -0.3 is 37.6 Å². The molecule has 13 nitrogen and oxygen atoms in total. The molecule has 14 heteroatoms. The van der Waals surface area contributed by atoms with E-state index in [2.05, 4.69) is 28.6 Å². The van der Waals surface area contributed by atoms with Crippen LogP contribution in [-0.4, -0.2) is 75.7 Å². The number of primary amides is 1. The first kappa shape index (κ1) is 29.4. The highest BCUT2D eigenvalue weighted by Crippen LogP contribution is 2.05. The maximum absolute atomic E-state index is 12.7. The van der Waals surface area contributed by atoms with Crippen LogP contribution in [0.3, 0.4) is 0 Å². The van der Waals surface area contributed by atoms with E-state index in [-0.39, 0.29) is 18.6 Å². The number of aliphatic carboxylic acids is 2. The van der Waals surface area contributed by atoms with Gasteiger partial charge in [0.15, 0.2) is 0 Å². The van der Waals surface area contributed by atoms with Crippen LogP contribution in [0.5, 0.6) is 0 Å². The first-order chi connectivity index (χ1) is 16.4. The third-order valence-electron chi connectivity index (χ3n) is 4.75. The molecule has 192 valence electrons. The van der Waals surface area contributed by atoms with Crippen LogP contribution in [0.15, 0.2) is 30.3 Å². The van der Waals surface area contributed by atoms with E-state index in [1.165, 1.54) is 0 Å². The molecular formula is C21H29N5O8S. The fourth-order valence-electron chi connectivity index (χ4n) is 2.91. The van der Waals surface area contributed by atoms with E-state index in [0.29, 0.717) is 5.56 Å². The maximum Gasteiger partial charge on any atom is 0.326 e. The number of carboxylic acid groups (broad SMARTS) is 2. The van der Waals surface area contributed by atoms with Crippen molar-refractivity contribution in [3.8, 4) is 0 Å². The number of carboxylic acids is 2. The van der Waals surface area contributed by atoms with E-state index >= 15 is 0 Å². The lowest BCUT2D eigenvalue weighted by Crippen LogP contribution is -2.58. The SMILES string of the molecule is NC(=O)CC(N)C(=O)NC(CCC(=O)O)C(=O)NC(CS)C(=O)NC(Cc1ccccc1)C(=O)O. The molecule has 9 N–H and O–H groups in total. The average molecular weight is 512 g/mol. The van der Waals surface area contributed by atoms with Crippen molar-refractivity contribution in [2.45, 2.75) is 49.9 Å². The molecule has 0 aromatic heterocycles. The fraction of sp³-hybridized carbons (Fsp3) is 0.429. The van der Waals surface area contributed by atoms with Gasteiger partial charge in [0.1, 0.15) is 18.1 Å². The topological polar surface area (TPSA) is 231 Å². The molecule has 0 spiro atoms. The molecule has 0 aliphatic heterocycles. The van der Waals surface area contributed by atoms with Gasteiger partial charge in [-0.15, -0.1) is 0 Å². The van der Waals surface area contributed by atoms with Crippen molar-refractivity contribution >= 4 is 48.2 Å². The van der Waals surface area contributed by atoms with Gasteiger partial charge in [-0.2, -0.15) is 12.6 Å². The summed E-state index contributed by atoms with van der Waals surface area (Å²) >= 11 is 4.02. The third kappa shape index (κ3) is 10.9. The normalized spacial score (nSPS) is 14.0. The summed E-state index contributed by atoms with van der Waals surface area (Å²) in [5, 5.41) is 25.3. The summed E-state index contributed by atoms with van der Waals surface area (Å²) in [6.07, 6.45) is -1.36. The molecule has 1 aromatic carbocycles. The zero-order valence-corrected chi connectivity index (χ0v) is 19.6. The number of benzene rings is 1. The Morgan fingerprint density at radius 2 is 1.40 bits per heavy atom. The van der Waals surface area contributed by atoms with Crippen LogP contribution in [0.25, 0.3) is 0 Å². The predicted octanol–water partition coefficient (Wildman–Crippen LogP) is -2.23. The van der Waals surface area contributed by atoms with Crippen molar-refractivity contribution in [1.82, 2.24) is 16.0 Å². The zero-order valence-electron chi connectivity index (χ0n) is 18.7. The second kappa shape index (κ2) is 14.6. The Labute approximate surface area is 206 Å². The summed E-state index contributed by atoms with van der Waals surface area (Å²) in [5.41, 5.74) is 11.2. The molecule has 35 heavy (non-hydrogen) atoms. The number of hydrogen-bond donors (Lipinski definition) is 8. The molecule has 0 fully saturated rings. The molecule has 0 heterocycles. The van der Waals surface area contributed by atoms with Crippen molar-refractivity contribution in [1.29, 1.82) is 0 Å². The number of hydrogen-bond acceptors (Lipinski definition) is 8. The maximum atomic E-state index is 12.7. The lowest BCUT2D eigenvalue weighted by atomic mass is 10.1. The quantitative estimate of drug-likeness (QED) is 0.119.